The monoisotopic (exact) mass is 326 g/mol. The Kier molecular flexibility index (Phi) is 4.88. The van der Waals surface area contributed by atoms with E-state index in [1.54, 1.807) is 0 Å². The van der Waals surface area contributed by atoms with Crippen LogP contribution in [0.4, 0.5) is 5.69 Å². The molecule has 5 heteroatoms. The molecule has 0 bridgehead atoms. The molecule has 1 aromatic carbocycles. The first-order valence-electron chi connectivity index (χ1n) is 8.61. The highest BCUT2D eigenvalue weighted by molar-refractivity contribution is 5.76. The van der Waals surface area contributed by atoms with Gasteiger partial charge in [0.15, 0.2) is 0 Å². The van der Waals surface area contributed by atoms with Crippen molar-refractivity contribution in [3.63, 3.8) is 0 Å². The molecule has 1 unspecified atom stereocenters. The lowest BCUT2D eigenvalue weighted by atomic mass is 9.93. The summed E-state index contributed by atoms with van der Waals surface area (Å²) >= 11 is 0. The molecule has 2 aromatic rings. The van der Waals surface area contributed by atoms with Crippen LogP contribution in [0.3, 0.4) is 0 Å². The van der Waals surface area contributed by atoms with Gasteiger partial charge in [-0.25, -0.2) is 0 Å². The topological polar surface area (TPSA) is 50.2 Å². The number of nitrogens with one attached hydrogen (secondary N) is 1. The Hall–Kier alpha value is -2.30. The Labute approximate surface area is 143 Å². The Morgan fingerprint density at radius 1 is 1.42 bits per heavy atom. The number of amides is 1. The summed E-state index contributed by atoms with van der Waals surface area (Å²) in [4.78, 5) is 14.5. The van der Waals surface area contributed by atoms with E-state index in [0.717, 1.165) is 25.7 Å². The molecule has 1 atom stereocenters. The van der Waals surface area contributed by atoms with E-state index in [0.29, 0.717) is 6.42 Å². The van der Waals surface area contributed by atoms with Gasteiger partial charge in [-0.05, 0) is 43.4 Å². The zero-order valence-electron chi connectivity index (χ0n) is 14.7. The number of fused-ring (bicyclic) bond motifs is 1. The van der Waals surface area contributed by atoms with Crippen molar-refractivity contribution in [3.05, 3.63) is 47.3 Å². The SMILES string of the molecule is CN(C)c1cccc(CCC(=O)NC2CCCc3c2cnn3C)c1. The third kappa shape index (κ3) is 3.61. The van der Waals surface area contributed by atoms with Gasteiger partial charge in [-0.3, -0.25) is 9.48 Å². The second kappa shape index (κ2) is 7.07. The molecule has 5 nitrogen and oxygen atoms in total. The van der Waals surface area contributed by atoms with Crippen molar-refractivity contribution >= 4 is 11.6 Å². The maximum absolute atomic E-state index is 12.4. The number of nitrogens with zero attached hydrogens (tertiary/aromatic N) is 3. The van der Waals surface area contributed by atoms with Gasteiger partial charge in [0, 0.05) is 44.5 Å². The van der Waals surface area contributed by atoms with Gasteiger partial charge in [0.05, 0.1) is 12.2 Å². The summed E-state index contributed by atoms with van der Waals surface area (Å²) in [6.07, 6.45) is 6.33. The Morgan fingerprint density at radius 3 is 3.04 bits per heavy atom. The van der Waals surface area contributed by atoms with Crippen LogP contribution in [-0.2, 0) is 24.7 Å². The van der Waals surface area contributed by atoms with Crippen LogP contribution in [0.15, 0.2) is 30.5 Å². The third-order valence-corrected chi connectivity index (χ3v) is 4.78. The average Bonchev–Trinajstić information content (AvgIpc) is 2.96. The zero-order valence-corrected chi connectivity index (χ0v) is 14.7. The number of benzene rings is 1. The van der Waals surface area contributed by atoms with Crippen molar-refractivity contribution in [2.24, 2.45) is 7.05 Å². The van der Waals surface area contributed by atoms with Crippen LogP contribution in [0.5, 0.6) is 0 Å². The van der Waals surface area contributed by atoms with E-state index >= 15 is 0 Å². The lowest BCUT2D eigenvalue weighted by Gasteiger charge is -2.23. The Morgan fingerprint density at radius 2 is 2.25 bits per heavy atom. The lowest BCUT2D eigenvalue weighted by Crippen LogP contribution is -2.31. The first kappa shape index (κ1) is 16.6. The third-order valence-electron chi connectivity index (χ3n) is 4.78. The molecule has 0 fully saturated rings. The molecule has 24 heavy (non-hydrogen) atoms. The summed E-state index contributed by atoms with van der Waals surface area (Å²) in [5, 5.41) is 7.53. The summed E-state index contributed by atoms with van der Waals surface area (Å²) in [7, 11) is 6.03. The number of hydrogen-bond acceptors (Lipinski definition) is 3. The van der Waals surface area contributed by atoms with Gasteiger partial charge in [0.2, 0.25) is 5.91 Å². The van der Waals surface area contributed by atoms with Crippen LogP contribution in [0.25, 0.3) is 0 Å². The molecular weight excluding hydrogens is 300 g/mol. The minimum Gasteiger partial charge on any atom is -0.378 e. The van der Waals surface area contributed by atoms with Gasteiger partial charge < -0.3 is 10.2 Å². The van der Waals surface area contributed by atoms with Crippen molar-refractivity contribution in [2.75, 3.05) is 19.0 Å². The van der Waals surface area contributed by atoms with Gasteiger partial charge in [0.25, 0.3) is 0 Å². The fourth-order valence-electron chi connectivity index (χ4n) is 3.37. The predicted octanol–water partition coefficient (Wildman–Crippen LogP) is 2.61. The highest BCUT2D eigenvalue weighted by atomic mass is 16.1. The average molecular weight is 326 g/mol. The number of rotatable bonds is 5. The van der Waals surface area contributed by atoms with Crippen LogP contribution < -0.4 is 10.2 Å². The second-order valence-corrected chi connectivity index (χ2v) is 6.75. The van der Waals surface area contributed by atoms with Crippen molar-refractivity contribution in [1.29, 1.82) is 0 Å². The molecule has 1 aliphatic rings. The van der Waals surface area contributed by atoms with Crippen molar-refractivity contribution in [3.8, 4) is 0 Å². The highest BCUT2D eigenvalue weighted by Crippen LogP contribution is 2.29. The van der Waals surface area contributed by atoms with Crippen molar-refractivity contribution < 1.29 is 4.79 Å². The van der Waals surface area contributed by atoms with Crippen LogP contribution in [-0.4, -0.2) is 29.8 Å². The van der Waals surface area contributed by atoms with Crippen LogP contribution in [0.2, 0.25) is 0 Å². The van der Waals surface area contributed by atoms with E-state index in [1.165, 1.54) is 22.5 Å². The Bertz CT molecular complexity index is 720. The van der Waals surface area contributed by atoms with Gasteiger partial charge in [-0.2, -0.15) is 5.10 Å². The first-order valence-corrected chi connectivity index (χ1v) is 8.61. The number of aryl methyl sites for hydroxylation is 2. The van der Waals surface area contributed by atoms with Crippen molar-refractivity contribution in [2.45, 2.75) is 38.1 Å². The quantitative estimate of drug-likeness (QED) is 0.919. The van der Waals surface area contributed by atoms with Crippen LogP contribution >= 0.6 is 0 Å². The minimum atomic E-state index is 0.114. The molecule has 3 rings (SSSR count). The summed E-state index contributed by atoms with van der Waals surface area (Å²) < 4.78 is 1.93. The molecule has 1 aromatic heterocycles. The molecular formula is C19H26N4O. The van der Waals surface area contributed by atoms with Crippen LogP contribution in [0.1, 0.15) is 42.1 Å². The molecule has 1 aliphatic carbocycles. The van der Waals surface area contributed by atoms with E-state index in [9.17, 15) is 4.79 Å². The molecule has 0 aliphatic heterocycles. The molecule has 1 heterocycles. The van der Waals surface area contributed by atoms with Gasteiger partial charge in [-0.15, -0.1) is 0 Å². The summed E-state index contributed by atoms with van der Waals surface area (Å²) in [5.74, 6) is 0.118. The second-order valence-electron chi connectivity index (χ2n) is 6.75. The lowest BCUT2D eigenvalue weighted by molar-refractivity contribution is -0.121. The molecule has 1 N–H and O–H groups in total. The number of carbonyl (C=O) groups is 1. The maximum atomic E-state index is 12.4. The molecule has 0 spiro atoms. The molecule has 0 radical (unpaired) electrons. The molecule has 128 valence electrons. The number of carbonyl (C=O) groups excluding carboxylic acids is 1. The fourth-order valence-corrected chi connectivity index (χ4v) is 3.37. The number of hydrogen-bond donors (Lipinski definition) is 1. The minimum absolute atomic E-state index is 0.114. The van der Waals surface area contributed by atoms with Crippen LogP contribution in [0, 0.1) is 0 Å². The van der Waals surface area contributed by atoms with Gasteiger partial charge in [-0.1, -0.05) is 12.1 Å². The molecule has 1 amide bonds. The molecule has 0 saturated carbocycles. The van der Waals surface area contributed by atoms with E-state index in [2.05, 4.69) is 33.5 Å². The summed E-state index contributed by atoms with van der Waals surface area (Å²) in [6, 6.07) is 8.47. The number of aromatic nitrogens is 2. The maximum Gasteiger partial charge on any atom is 0.220 e. The number of anilines is 1. The van der Waals surface area contributed by atoms with Crippen molar-refractivity contribution in [1.82, 2.24) is 15.1 Å². The first-order chi connectivity index (χ1) is 11.5. The van der Waals surface area contributed by atoms with Gasteiger partial charge in [0.1, 0.15) is 0 Å². The fraction of sp³-hybridized carbons (Fsp3) is 0.474. The smallest absolute Gasteiger partial charge is 0.220 e. The van der Waals surface area contributed by atoms with E-state index < -0.39 is 0 Å². The van der Waals surface area contributed by atoms with E-state index in [1.807, 2.05) is 38.1 Å². The van der Waals surface area contributed by atoms with E-state index in [-0.39, 0.29) is 11.9 Å². The zero-order chi connectivity index (χ0) is 17.1. The highest BCUT2D eigenvalue weighted by Gasteiger charge is 2.24. The largest absolute Gasteiger partial charge is 0.378 e. The summed E-state index contributed by atoms with van der Waals surface area (Å²) in [5.41, 5.74) is 4.80. The standard InChI is InChI=1S/C19H26N4O/c1-22(2)15-7-4-6-14(12-15)10-11-19(24)21-17-8-5-9-18-16(17)13-20-23(18)3/h4,6-7,12-13,17H,5,8-11H2,1-3H3,(H,21,24). The van der Waals surface area contributed by atoms with E-state index in [4.69, 9.17) is 0 Å². The van der Waals surface area contributed by atoms with Gasteiger partial charge >= 0.3 is 0 Å². The summed E-state index contributed by atoms with van der Waals surface area (Å²) in [6.45, 7) is 0. The predicted molar refractivity (Wildman–Crippen MR) is 96.1 cm³/mol. The normalized spacial score (nSPS) is 16.5. The Balaban J connectivity index is 1.58. The molecule has 0 saturated heterocycles.